The normalized spacial score (nSPS) is 10.4. The van der Waals surface area contributed by atoms with Gasteiger partial charge < -0.3 is 5.11 Å². The summed E-state index contributed by atoms with van der Waals surface area (Å²) in [5.74, 6) is 0.179. The first-order chi connectivity index (χ1) is 9.19. The Morgan fingerprint density at radius 1 is 1.16 bits per heavy atom. The Bertz CT molecular complexity index is 535. The number of aromatic hydroxyl groups is 1. The van der Waals surface area contributed by atoms with Crippen molar-refractivity contribution in [2.75, 3.05) is 0 Å². The molecule has 0 aliphatic rings. The van der Waals surface area contributed by atoms with Crippen LogP contribution >= 0.6 is 19.7 Å². The van der Waals surface area contributed by atoms with E-state index in [-0.39, 0.29) is 20.1 Å². The molecule has 0 radical (unpaired) electrons. The van der Waals surface area contributed by atoms with Gasteiger partial charge >= 0.3 is 34.1 Å². The molecule has 0 fully saturated rings. The maximum absolute atomic E-state index is 9.58. The zero-order valence-corrected chi connectivity index (χ0v) is 13.1. The summed E-state index contributed by atoms with van der Waals surface area (Å²) in [5.41, 5.74) is 2.15. The third-order valence-corrected chi connectivity index (χ3v) is 2.21. The van der Waals surface area contributed by atoms with Crippen LogP contribution in [0.15, 0.2) is 53.7 Å². The summed E-state index contributed by atoms with van der Waals surface area (Å²) in [6.45, 7) is 1.87. The van der Waals surface area contributed by atoms with Crippen molar-refractivity contribution < 1.29 is 19.5 Å². The molecule has 19 heavy (non-hydrogen) atoms. The van der Waals surface area contributed by atoms with Crippen LogP contribution in [0.2, 0.25) is 0 Å². The second-order valence-electron chi connectivity index (χ2n) is 3.46. The molecule has 0 unspecified atom stereocenters. The molecule has 0 atom stereocenters. The number of halogens is 2. The van der Waals surface area contributed by atoms with Gasteiger partial charge in [-0.3, -0.25) is 4.98 Å². The molecule has 0 aliphatic carbocycles. The summed E-state index contributed by atoms with van der Waals surface area (Å²) < 4.78 is 0. The van der Waals surface area contributed by atoms with Gasteiger partial charge in [0.1, 0.15) is 11.4 Å². The molecule has 2 aromatic rings. The second kappa shape index (κ2) is 9.00. The van der Waals surface area contributed by atoms with E-state index in [9.17, 15) is 5.11 Å². The molecule has 1 aromatic carbocycles. The molecule has 2 rings (SSSR count). The van der Waals surface area contributed by atoms with Crippen LogP contribution in [-0.4, -0.2) is 15.8 Å². The summed E-state index contributed by atoms with van der Waals surface area (Å²) in [6.07, 6.45) is 1.72. The summed E-state index contributed by atoms with van der Waals surface area (Å²) >= 11 is -0.368. The maximum atomic E-state index is 9.58. The van der Waals surface area contributed by atoms with Gasteiger partial charge in [0.25, 0.3) is 0 Å². The predicted octanol–water partition coefficient (Wildman–Crippen LogP) is 4.30. The van der Waals surface area contributed by atoms with Gasteiger partial charge in [0.15, 0.2) is 0 Å². The van der Waals surface area contributed by atoms with Gasteiger partial charge in [-0.1, -0.05) is 18.2 Å². The number of benzene rings is 1. The average Bonchev–Trinajstić information content (AvgIpc) is 2.43. The number of aromatic nitrogens is 1. The number of pyridine rings is 1. The van der Waals surface area contributed by atoms with Crippen LogP contribution < -0.4 is 0 Å². The Labute approximate surface area is 127 Å². The SMILES string of the molecule is CC(=Nc1ccccc1O)c1ccccn1.[Cl][V][Cl]. The molecule has 0 spiro atoms. The fourth-order valence-electron chi connectivity index (χ4n) is 1.37. The Morgan fingerprint density at radius 3 is 2.37 bits per heavy atom. The Balaban J connectivity index is 0.000000550. The van der Waals surface area contributed by atoms with Crippen LogP contribution in [0.5, 0.6) is 5.75 Å². The van der Waals surface area contributed by atoms with Crippen molar-refractivity contribution >= 4 is 31.1 Å². The van der Waals surface area contributed by atoms with Crippen LogP contribution in [0, 0.1) is 0 Å². The van der Waals surface area contributed by atoms with Crippen LogP contribution in [0.25, 0.3) is 0 Å². The van der Waals surface area contributed by atoms with Crippen molar-refractivity contribution in [1.82, 2.24) is 4.98 Å². The van der Waals surface area contributed by atoms with Crippen LogP contribution in [-0.2, 0) is 14.4 Å². The quantitative estimate of drug-likeness (QED) is 0.832. The fourth-order valence-corrected chi connectivity index (χ4v) is 1.37. The number of hydrogen-bond acceptors (Lipinski definition) is 3. The second-order valence-corrected chi connectivity index (χ2v) is 5.77. The summed E-state index contributed by atoms with van der Waals surface area (Å²) in [4.78, 5) is 8.53. The predicted molar refractivity (Wildman–Crippen MR) is 75.9 cm³/mol. The number of nitrogens with zero attached hydrogens (tertiary/aromatic N) is 2. The molecule has 0 bridgehead atoms. The van der Waals surface area contributed by atoms with E-state index in [0.717, 1.165) is 11.4 Å². The molecule has 0 saturated carbocycles. The van der Waals surface area contributed by atoms with Crippen LogP contribution in [0.3, 0.4) is 0 Å². The monoisotopic (exact) mass is 333 g/mol. The number of hydrogen-bond donors (Lipinski definition) is 1. The van der Waals surface area contributed by atoms with Gasteiger partial charge in [0.05, 0.1) is 11.4 Å². The first kappa shape index (κ1) is 16.1. The molecule has 1 N–H and O–H groups in total. The topological polar surface area (TPSA) is 45.5 Å². The average molecular weight is 334 g/mol. The van der Waals surface area contributed by atoms with E-state index in [4.69, 9.17) is 19.7 Å². The number of phenols is 1. The molecule has 0 amide bonds. The fraction of sp³-hybridized carbons (Fsp3) is 0.0769. The standard InChI is InChI=1S/C13H12N2O.2ClH.V/c1-10(11-6-4-5-9-14-11)15-12-7-2-3-8-13(12)16;;;/h2-9,16H,1H3;2*1H;/q;;;+2/p-2. The zero-order valence-electron chi connectivity index (χ0n) is 10.2. The molecule has 6 heteroatoms. The summed E-state index contributed by atoms with van der Waals surface area (Å²) in [5, 5.41) is 9.58. The molecule has 1 aromatic heterocycles. The number of phenolic OH excluding ortho intramolecular Hbond substituents is 1. The van der Waals surface area contributed by atoms with Crippen molar-refractivity contribution in [3.8, 4) is 5.75 Å². The first-order valence-corrected chi connectivity index (χ1v) is 9.20. The Morgan fingerprint density at radius 2 is 1.79 bits per heavy atom. The van der Waals surface area contributed by atoms with E-state index < -0.39 is 0 Å². The first-order valence-electron chi connectivity index (χ1n) is 5.36. The van der Waals surface area contributed by atoms with Crippen molar-refractivity contribution in [3.05, 3.63) is 54.4 Å². The van der Waals surface area contributed by atoms with Crippen molar-refractivity contribution in [3.63, 3.8) is 0 Å². The van der Waals surface area contributed by atoms with Gasteiger partial charge in [-0.25, -0.2) is 4.99 Å². The molecule has 0 aliphatic heterocycles. The number of aliphatic imine (C=N–C) groups is 1. The van der Waals surface area contributed by atoms with Crippen molar-refractivity contribution in [1.29, 1.82) is 0 Å². The van der Waals surface area contributed by atoms with Gasteiger partial charge in [0.2, 0.25) is 0 Å². The molecular formula is C13H12Cl2N2OV. The Kier molecular flexibility index (Phi) is 7.60. The summed E-state index contributed by atoms with van der Waals surface area (Å²) in [6, 6.07) is 12.6. The minimum absolute atomic E-state index is 0.179. The van der Waals surface area contributed by atoms with Crippen molar-refractivity contribution in [2.24, 2.45) is 4.99 Å². The van der Waals surface area contributed by atoms with E-state index in [1.807, 2.05) is 31.2 Å². The van der Waals surface area contributed by atoms with Gasteiger partial charge in [-0.2, -0.15) is 0 Å². The van der Waals surface area contributed by atoms with Crippen LogP contribution in [0.4, 0.5) is 5.69 Å². The minimum atomic E-state index is -0.368. The van der Waals surface area contributed by atoms with Gasteiger partial charge in [-0.05, 0) is 31.2 Å². The van der Waals surface area contributed by atoms with E-state index >= 15 is 0 Å². The molecule has 3 nitrogen and oxygen atoms in total. The molecule has 99 valence electrons. The molecule has 1 heterocycles. The third-order valence-electron chi connectivity index (χ3n) is 2.21. The third kappa shape index (κ3) is 5.66. The number of para-hydroxylation sites is 2. The zero-order chi connectivity index (χ0) is 14.1. The summed E-state index contributed by atoms with van der Waals surface area (Å²) in [7, 11) is 9.72. The van der Waals surface area contributed by atoms with Crippen molar-refractivity contribution in [2.45, 2.75) is 6.92 Å². The van der Waals surface area contributed by atoms with E-state index in [0.29, 0.717) is 5.69 Å². The number of rotatable bonds is 2. The van der Waals surface area contributed by atoms with E-state index in [1.165, 1.54) is 0 Å². The van der Waals surface area contributed by atoms with E-state index in [2.05, 4.69) is 9.98 Å². The van der Waals surface area contributed by atoms with E-state index in [1.54, 1.807) is 24.4 Å². The Hall–Kier alpha value is -0.996. The molecular weight excluding hydrogens is 322 g/mol. The van der Waals surface area contributed by atoms with Gasteiger partial charge in [0, 0.05) is 6.20 Å². The molecule has 0 saturated heterocycles. The van der Waals surface area contributed by atoms with Crippen LogP contribution in [0.1, 0.15) is 12.6 Å². The van der Waals surface area contributed by atoms with Gasteiger partial charge in [-0.15, -0.1) is 0 Å².